The van der Waals surface area contributed by atoms with Gasteiger partial charge in [0, 0.05) is 51.2 Å². The lowest BCUT2D eigenvalue weighted by molar-refractivity contribution is 0.249. The number of hydrogen-bond donors (Lipinski definition) is 0. The Morgan fingerprint density at radius 2 is 1.70 bits per heavy atom. The summed E-state index contributed by atoms with van der Waals surface area (Å²) in [5, 5.41) is 2.67. The number of imidazole rings is 1. The van der Waals surface area contributed by atoms with Crippen LogP contribution in [0.3, 0.4) is 0 Å². The zero-order valence-corrected chi connectivity index (χ0v) is 17.2. The van der Waals surface area contributed by atoms with E-state index in [4.69, 9.17) is 4.74 Å². The largest absolute Gasteiger partial charge is 0.497 e. The van der Waals surface area contributed by atoms with Gasteiger partial charge in [-0.3, -0.25) is 9.47 Å². The van der Waals surface area contributed by atoms with Crippen LogP contribution in [0.2, 0.25) is 0 Å². The quantitative estimate of drug-likeness (QED) is 0.500. The lowest BCUT2D eigenvalue weighted by Gasteiger charge is -2.35. The summed E-state index contributed by atoms with van der Waals surface area (Å²) in [5.41, 5.74) is 2.47. The molecule has 0 bridgehead atoms. The highest BCUT2D eigenvalue weighted by atomic mass is 16.5. The second-order valence-corrected chi connectivity index (χ2v) is 7.70. The molecule has 5 rings (SSSR count). The fourth-order valence-electron chi connectivity index (χ4n) is 4.27. The molecule has 30 heavy (non-hydrogen) atoms. The number of aromatic nitrogens is 2. The molecule has 1 saturated heterocycles. The van der Waals surface area contributed by atoms with E-state index in [2.05, 4.69) is 67.9 Å². The molecule has 3 aromatic carbocycles. The Bertz CT molecular complexity index is 1140. The molecule has 5 heteroatoms. The maximum Gasteiger partial charge on any atom is 0.210 e. The minimum Gasteiger partial charge on any atom is -0.497 e. The maximum absolute atomic E-state index is 5.39. The predicted octanol–water partition coefficient (Wildman–Crippen LogP) is 4.36. The van der Waals surface area contributed by atoms with E-state index in [1.54, 1.807) is 7.11 Å². The monoisotopic (exact) mass is 398 g/mol. The first-order valence-corrected chi connectivity index (χ1v) is 10.4. The van der Waals surface area contributed by atoms with E-state index >= 15 is 0 Å². The van der Waals surface area contributed by atoms with Crippen LogP contribution < -0.4 is 9.64 Å². The number of ether oxygens (including phenoxy) is 1. The van der Waals surface area contributed by atoms with E-state index in [1.165, 1.54) is 16.3 Å². The molecule has 1 aliphatic rings. The van der Waals surface area contributed by atoms with Crippen LogP contribution >= 0.6 is 0 Å². The minimum absolute atomic E-state index is 0.854. The van der Waals surface area contributed by atoms with E-state index in [9.17, 15) is 0 Å². The van der Waals surface area contributed by atoms with Crippen molar-refractivity contribution in [3.63, 3.8) is 0 Å². The highest BCUT2D eigenvalue weighted by Crippen LogP contribution is 2.24. The standard InChI is InChI=1S/C25H26N4O/c1-30-23-10-5-9-22(18-23)29-13-12-26-25(29)28-16-14-27(15-17-28)19-21-8-4-7-20-6-2-3-11-24(20)21/h2-13,18H,14-17,19H2,1H3. The van der Waals surface area contributed by atoms with Gasteiger partial charge in [-0.25, -0.2) is 4.98 Å². The molecular formula is C25H26N4O. The van der Waals surface area contributed by atoms with Crippen molar-refractivity contribution in [2.24, 2.45) is 0 Å². The van der Waals surface area contributed by atoms with Crippen LogP contribution in [-0.2, 0) is 6.54 Å². The van der Waals surface area contributed by atoms with Crippen molar-refractivity contribution in [2.75, 3.05) is 38.2 Å². The summed E-state index contributed by atoms with van der Waals surface area (Å²) in [5.74, 6) is 1.85. The summed E-state index contributed by atoms with van der Waals surface area (Å²) in [4.78, 5) is 9.56. The molecule has 0 spiro atoms. The van der Waals surface area contributed by atoms with Gasteiger partial charge in [-0.15, -0.1) is 0 Å². The third-order valence-electron chi connectivity index (χ3n) is 5.88. The van der Waals surface area contributed by atoms with Crippen LogP contribution in [0.1, 0.15) is 5.56 Å². The lowest BCUT2D eigenvalue weighted by atomic mass is 10.0. The Hall–Kier alpha value is -3.31. The number of benzene rings is 3. The number of fused-ring (bicyclic) bond motifs is 1. The number of hydrogen-bond acceptors (Lipinski definition) is 4. The minimum atomic E-state index is 0.854. The number of anilines is 1. The summed E-state index contributed by atoms with van der Waals surface area (Å²) < 4.78 is 7.53. The van der Waals surface area contributed by atoms with E-state index in [1.807, 2.05) is 30.6 Å². The summed E-state index contributed by atoms with van der Waals surface area (Å²) in [7, 11) is 1.70. The van der Waals surface area contributed by atoms with Crippen LogP contribution in [-0.4, -0.2) is 47.7 Å². The molecule has 1 fully saturated rings. The average Bonchev–Trinajstić information content (AvgIpc) is 3.30. The molecule has 0 unspecified atom stereocenters. The summed E-state index contributed by atoms with van der Waals surface area (Å²) >= 11 is 0. The van der Waals surface area contributed by atoms with Gasteiger partial charge < -0.3 is 9.64 Å². The Morgan fingerprint density at radius 3 is 2.57 bits per heavy atom. The molecule has 5 nitrogen and oxygen atoms in total. The van der Waals surface area contributed by atoms with Gasteiger partial charge in [0.25, 0.3) is 0 Å². The fraction of sp³-hybridized carbons (Fsp3) is 0.240. The first-order chi connectivity index (χ1) is 14.8. The predicted molar refractivity (Wildman–Crippen MR) is 122 cm³/mol. The van der Waals surface area contributed by atoms with Gasteiger partial charge in [-0.2, -0.15) is 0 Å². The van der Waals surface area contributed by atoms with Crippen LogP contribution in [0.25, 0.3) is 16.5 Å². The molecule has 0 aliphatic carbocycles. The maximum atomic E-state index is 5.39. The van der Waals surface area contributed by atoms with Crippen molar-refractivity contribution in [3.05, 3.63) is 84.7 Å². The summed E-state index contributed by atoms with van der Waals surface area (Å²) in [6.07, 6.45) is 3.89. The van der Waals surface area contributed by atoms with Gasteiger partial charge in [0.05, 0.1) is 12.8 Å². The van der Waals surface area contributed by atoms with Crippen LogP contribution in [0.4, 0.5) is 5.95 Å². The first-order valence-electron chi connectivity index (χ1n) is 10.4. The number of piperazine rings is 1. The van der Waals surface area contributed by atoms with E-state index in [-0.39, 0.29) is 0 Å². The molecule has 0 radical (unpaired) electrons. The van der Waals surface area contributed by atoms with Crippen LogP contribution in [0.15, 0.2) is 79.1 Å². The van der Waals surface area contributed by atoms with Crippen LogP contribution in [0.5, 0.6) is 5.75 Å². The smallest absolute Gasteiger partial charge is 0.210 e. The van der Waals surface area contributed by atoms with Crippen molar-refractivity contribution in [3.8, 4) is 11.4 Å². The Labute approximate surface area is 177 Å². The third kappa shape index (κ3) is 3.64. The number of methoxy groups -OCH3 is 1. The van der Waals surface area contributed by atoms with Crippen molar-refractivity contribution >= 4 is 16.7 Å². The Morgan fingerprint density at radius 1 is 0.900 bits per heavy atom. The Kier molecular flexibility index (Phi) is 5.11. The second-order valence-electron chi connectivity index (χ2n) is 7.70. The molecule has 0 amide bonds. The first kappa shape index (κ1) is 18.7. The van der Waals surface area contributed by atoms with Crippen molar-refractivity contribution in [1.82, 2.24) is 14.5 Å². The second kappa shape index (κ2) is 8.20. The summed E-state index contributed by atoms with van der Waals surface area (Å²) in [6.45, 7) is 4.96. The highest BCUT2D eigenvalue weighted by Gasteiger charge is 2.21. The number of rotatable bonds is 5. The molecule has 0 N–H and O–H groups in total. The van der Waals surface area contributed by atoms with Crippen molar-refractivity contribution in [2.45, 2.75) is 6.54 Å². The van der Waals surface area contributed by atoms with Crippen LogP contribution in [0, 0.1) is 0 Å². The molecule has 1 aliphatic heterocycles. The van der Waals surface area contributed by atoms with Gasteiger partial charge in [-0.05, 0) is 28.5 Å². The van der Waals surface area contributed by atoms with E-state index < -0.39 is 0 Å². The summed E-state index contributed by atoms with van der Waals surface area (Å²) in [6, 6.07) is 23.4. The molecule has 4 aromatic rings. The fourth-order valence-corrected chi connectivity index (χ4v) is 4.27. The molecular weight excluding hydrogens is 372 g/mol. The van der Waals surface area contributed by atoms with Gasteiger partial charge >= 0.3 is 0 Å². The van der Waals surface area contributed by atoms with E-state index in [0.717, 1.165) is 50.1 Å². The topological polar surface area (TPSA) is 33.5 Å². The molecule has 1 aromatic heterocycles. The van der Waals surface area contributed by atoms with Gasteiger partial charge in [0.15, 0.2) is 0 Å². The molecule has 2 heterocycles. The Balaban J connectivity index is 1.29. The zero-order valence-electron chi connectivity index (χ0n) is 17.2. The SMILES string of the molecule is COc1cccc(-n2ccnc2N2CCN(Cc3cccc4ccccc34)CC2)c1. The molecule has 0 saturated carbocycles. The van der Waals surface area contributed by atoms with Gasteiger partial charge in [0.1, 0.15) is 5.75 Å². The number of nitrogens with zero attached hydrogens (tertiary/aromatic N) is 4. The van der Waals surface area contributed by atoms with Gasteiger partial charge in [0.2, 0.25) is 5.95 Å². The highest BCUT2D eigenvalue weighted by molar-refractivity contribution is 5.85. The molecule has 152 valence electrons. The third-order valence-corrected chi connectivity index (χ3v) is 5.88. The van der Waals surface area contributed by atoms with Gasteiger partial charge in [-0.1, -0.05) is 48.5 Å². The van der Waals surface area contributed by atoms with Crippen molar-refractivity contribution < 1.29 is 4.74 Å². The lowest BCUT2D eigenvalue weighted by Crippen LogP contribution is -2.46. The normalized spacial score (nSPS) is 14.9. The average molecular weight is 399 g/mol. The van der Waals surface area contributed by atoms with E-state index in [0.29, 0.717) is 0 Å². The molecule has 0 atom stereocenters. The van der Waals surface area contributed by atoms with Crippen molar-refractivity contribution in [1.29, 1.82) is 0 Å². The zero-order chi connectivity index (χ0) is 20.3.